The van der Waals surface area contributed by atoms with Crippen molar-refractivity contribution in [1.82, 2.24) is 0 Å². The van der Waals surface area contributed by atoms with E-state index in [2.05, 4.69) is 13.8 Å². The SMILES string of the molecule is CC(=O)Oc1c(C(C)C)cc2c(c1OC(C)=O)[C@@]13CCCC(C)(C)[C@@H]1[C@H](OC3=O)[C@@H]2OC(C)=O. The molecular weight excluding hydrogens is 440 g/mol. The van der Waals surface area contributed by atoms with E-state index in [1.807, 2.05) is 19.9 Å². The Bertz CT molecular complexity index is 1080. The predicted molar refractivity (Wildman–Crippen MR) is 120 cm³/mol. The molecule has 3 aliphatic rings. The minimum atomic E-state index is -1.10. The standard InChI is InChI=1S/C26H32O8/c1-12(2)16-11-17-18(21(33-15(5)29)19(16)31-13(3)27)26-10-8-9-25(6,7)23(26)22(34-24(26)30)20(17)32-14(4)28/h11-12,20,22-23H,8-10H2,1-7H3/t20-,22-,23+,26+/m1/s1. The van der Waals surface area contributed by atoms with Gasteiger partial charge in [0.05, 0.1) is 0 Å². The van der Waals surface area contributed by atoms with E-state index in [0.717, 1.165) is 12.8 Å². The minimum absolute atomic E-state index is 0.0426. The van der Waals surface area contributed by atoms with E-state index in [1.165, 1.54) is 20.8 Å². The van der Waals surface area contributed by atoms with Gasteiger partial charge in [-0.1, -0.05) is 34.1 Å². The zero-order valence-corrected chi connectivity index (χ0v) is 20.8. The molecule has 2 fully saturated rings. The molecule has 1 aromatic carbocycles. The molecule has 8 heteroatoms. The van der Waals surface area contributed by atoms with Crippen LogP contribution in [-0.4, -0.2) is 30.0 Å². The fourth-order valence-corrected chi connectivity index (χ4v) is 6.44. The highest BCUT2D eigenvalue weighted by Crippen LogP contribution is 2.67. The maximum absolute atomic E-state index is 13.7. The summed E-state index contributed by atoms with van der Waals surface area (Å²) in [6, 6.07) is 1.81. The van der Waals surface area contributed by atoms with Crippen LogP contribution in [0.4, 0.5) is 0 Å². The molecule has 0 radical (unpaired) electrons. The first-order chi connectivity index (χ1) is 15.8. The highest BCUT2D eigenvalue weighted by molar-refractivity contribution is 5.91. The van der Waals surface area contributed by atoms with Crippen LogP contribution in [0.3, 0.4) is 0 Å². The number of hydrogen-bond donors (Lipinski definition) is 0. The fourth-order valence-electron chi connectivity index (χ4n) is 6.44. The predicted octanol–water partition coefficient (Wildman–Crippen LogP) is 4.27. The van der Waals surface area contributed by atoms with Gasteiger partial charge in [0.25, 0.3) is 0 Å². The van der Waals surface area contributed by atoms with Gasteiger partial charge in [-0.25, -0.2) is 0 Å². The van der Waals surface area contributed by atoms with E-state index in [0.29, 0.717) is 23.1 Å². The summed E-state index contributed by atoms with van der Waals surface area (Å²) in [5.74, 6) is -2.41. The number of benzene rings is 1. The molecule has 1 aliphatic heterocycles. The second kappa shape index (κ2) is 8.10. The molecular formula is C26H32O8. The zero-order valence-electron chi connectivity index (χ0n) is 20.8. The summed E-state index contributed by atoms with van der Waals surface area (Å²) >= 11 is 0. The van der Waals surface area contributed by atoms with Crippen molar-refractivity contribution in [3.63, 3.8) is 0 Å². The van der Waals surface area contributed by atoms with E-state index in [1.54, 1.807) is 0 Å². The first-order valence-electron chi connectivity index (χ1n) is 11.8. The lowest BCUT2D eigenvalue weighted by molar-refractivity contribution is -0.163. The van der Waals surface area contributed by atoms with E-state index in [-0.39, 0.29) is 28.7 Å². The lowest BCUT2D eigenvalue weighted by Gasteiger charge is -2.52. The van der Waals surface area contributed by atoms with Gasteiger partial charge in [0.1, 0.15) is 11.5 Å². The minimum Gasteiger partial charge on any atom is -0.457 e. The average Bonchev–Trinajstić information content (AvgIpc) is 2.95. The Morgan fingerprint density at radius 3 is 2.18 bits per heavy atom. The number of carbonyl (C=O) groups excluding carboxylic acids is 4. The molecule has 0 amide bonds. The van der Waals surface area contributed by atoms with E-state index in [4.69, 9.17) is 18.9 Å². The summed E-state index contributed by atoms with van der Waals surface area (Å²) in [5.41, 5.74) is 0.186. The summed E-state index contributed by atoms with van der Waals surface area (Å²) in [6.45, 7) is 11.8. The topological polar surface area (TPSA) is 105 Å². The second-order valence-electron chi connectivity index (χ2n) is 10.6. The van der Waals surface area contributed by atoms with Crippen LogP contribution in [-0.2, 0) is 34.1 Å². The van der Waals surface area contributed by atoms with Gasteiger partial charge in [0.15, 0.2) is 17.6 Å². The molecule has 8 nitrogen and oxygen atoms in total. The Hall–Kier alpha value is -2.90. The lowest BCUT2D eigenvalue weighted by Crippen LogP contribution is -2.54. The Balaban J connectivity index is 2.15. The van der Waals surface area contributed by atoms with Crippen LogP contribution in [0.25, 0.3) is 0 Å². The Morgan fingerprint density at radius 2 is 1.62 bits per heavy atom. The highest BCUT2D eigenvalue weighted by Gasteiger charge is 2.71. The van der Waals surface area contributed by atoms with E-state index < -0.39 is 41.5 Å². The van der Waals surface area contributed by atoms with Gasteiger partial charge < -0.3 is 18.9 Å². The summed E-state index contributed by atoms with van der Waals surface area (Å²) in [4.78, 5) is 50.2. The van der Waals surface area contributed by atoms with E-state index in [9.17, 15) is 19.2 Å². The van der Waals surface area contributed by atoms with Crippen LogP contribution >= 0.6 is 0 Å². The average molecular weight is 473 g/mol. The monoisotopic (exact) mass is 472 g/mol. The molecule has 0 aromatic heterocycles. The second-order valence-corrected chi connectivity index (χ2v) is 10.6. The fraction of sp³-hybridized carbons (Fsp3) is 0.615. The number of rotatable bonds is 4. The van der Waals surface area contributed by atoms with Crippen molar-refractivity contribution in [3.05, 3.63) is 22.8 Å². The van der Waals surface area contributed by atoms with Gasteiger partial charge in [-0.05, 0) is 30.2 Å². The molecule has 0 N–H and O–H groups in total. The molecule has 0 spiro atoms. The van der Waals surface area contributed by atoms with Gasteiger partial charge in [-0.15, -0.1) is 0 Å². The summed E-state index contributed by atoms with van der Waals surface area (Å²) in [6.07, 6.45) is 0.581. The molecule has 184 valence electrons. The van der Waals surface area contributed by atoms with Gasteiger partial charge in [-0.3, -0.25) is 19.2 Å². The van der Waals surface area contributed by atoms with Crippen molar-refractivity contribution in [1.29, 1.82) is 0 Å². The third-order valence-corrected chi connectivity index (χ3v) is 7.45. The van der Waals surface area contributed by atoms with Crippen LogP contribution in [0.5, 0.6) is 11.5 Å². The molecule has 34 heavy (non-hydrogen) atoms. The Labute approximate surface area is 199 Å². The largest absolute Gasteiger partial charge is 0.457 e. The molecule has 2 bridgehead atoms. The molecule has 1 saturated heterocycles. The summed E-state index contributed by atoms with van der Waals surface area (Å²) in [7, 11) is 0. The summed E-state index contributed by atoms with van der Waals surface area (Å²) < 4.78 is 23.1. The van der Waals surface area contributed by atoms with Gasteiger partial charge in [0.2, 0.25) is 0 Å². The van der Waals surface area contributed by atoms with Crippen molar-refractivity contribution in [2.75, 3.05) is 0 Å². The molecule has 1 heterocycles. The smallest absolute Gasteiger partial charge is 0.317 e. The highest BCUT2D eigenvalue weighted by atomic mass is 16.6. The van der Waals surface area contributed by atoms with Crippen molar-refractivity contribution in [2.24, 2.45) is 11.3 Å². The maximum Gasteiger partial charge on any atom is 0.317 e. The van der Waals surface area contributed by atoms with Crippen molar-refractivity contribution >= 4 is 23.9 Å². The van der Waals surface area contributed by atoms with Crippen molar-refractivity contribution < 1.29 is 38.1 Å². The third kappa shape index (κ3) is 3.49. The molecule has 0 unspecified atom stereocenters. The normalized spacial score (nSPS) is 28.5. The molecule has 4 atom stereocenters. The number of fused-ring (bicyclic) bond motifs is 1. The molecule has 4 rings (SSSR count). The van der Waals surface area contributed by atoms with Gasteiger partial charge in [0, 0.05) is 43.4 Å². The lowest BCUT2D eigenvalue weighted by atomic mass is 9.49. The summed E-state index contributed by atoms with van der Waals surface area (Å²) in [5, 5.41) is 0. The van der Waals surface area contributed by atoms with Crippen molar-refractivity contribution in [2.45, 2.75) is 91.3 Å². The van der Waals surface area contributed by atoms with E-state index >= 15 is 0 Å². The Morgan fingerprint density at radius 1 is 1.00 bits per heavy atom. The van der Waals surface area contributed by atoms with Crippen LogP contribution < -0.4 is 9.47 Å². The first-order valence-corrected chi connectivity index (χ1v) is 11.8. The third-order valence-electron chi connectivity index (χ3n) is 7.45. The van der Waals surface area contributed by atoms with Crippen LogP contribution in [0.2, 0.25) is 0 Å². The molecule has 2 aliphatic carbocycles. The number of ether oxygens (including phenoxy) is 4. The first kappa shape index (κ1) is 24.2. The van der Waals surface area contributed by atoms with Crippen LogP contribution in [0.15, 0.2) is 6.07 Å². The van der Waals surface area contributed by atoms with Gasteiger partial charge >= 0.3 is 23.9 Å². The number of esters is 4. The quantitative estimate of drug-likeness (QED) is 0.473. The van der Waals surface area contributed by atoms with Gasteiger partial charge in [-0.2, -0.15) is 0 Å². The molecule has 1 aromatic rings. The maximum atomic E-state index is 13.7. The number of carbonyl (C=O) groups is 4. The van der Waals surface area contributed by atoms with Crippen molar-refractivity contribution in [3.8, 4) is 11.5 Å². The van der Waals surface area contributed by atoms with Crippen LogP contribution in [0, 0.1) is 11.3 Å². The van der Waals surface area contributed by atoms with Crippen LogP contribution in [0.1, 0.15) is 96.4 Å². The Kier molecular flexibility index (Phi) is 5.77. The number of hydrogen-bond acceptors (Lipinski definition) is 8. The zero-order chi connectivity index (χ0) is 25.2. The molecule has 1 saturated carbocycles.